The molecule has 0 radical (unpaired) electrons. The third-order valence-corrected chi connectivity index (χ3v) is 5.00. The van der Waals surface area contributed by atoms with Gasteiger partial charge in [-0.2, -0.15) is 0 Å². The van der Waals surface area contributed by atoms with Crippen molar-refractivity contribution in [3.8, 4) is 5.75 Å². The van der Waals surface area contributed by atoms with E-state index in [0.717, 1.165) is 31.6 Å². The van der Waals surface area contributed by atoms with Gasteiger partial charge in [-0.3, -0.25) is 4.79 Å². The minimum absolute atomic E-state index is 0.00605. The number of aromatic nitrogens is 1. The first-order valence-electron chi connectivity index (χ1n) is 9.20. The number of amides is 1. The van der Waals surface area contributed by atoms with E-state index in [1.54, 1.807) is 30.6 Å². The maximum Gasteiger partial charge on any atom is 0.330 e. The molecule has 0 aliphatic carbocycles. The van der Waals surface area contributed by atoms with Gasteiger partial charge in [-0.25, -0.2) is 9.78 Å². The van der Waals surface area contributed by atoms with Crippen molar-refractivity contribution in [3.05, 3.63) is 41.9 Å². The van der Waals surface area contributed by atoms with E-state index in [2.05, 4.69) is 10.3 Å². The van der Waals surface area contributed by atoms with E-state index in [9.17, 15) is 9.59 Å². The molecule has 142 valence electrons. The van der Waals surface area contributed by atoms with Gasteiger partial charge in [-0.05, 0) is 37.5 Å². The van der Waals surface area contributed by atoms with E-state index in [4.69, 9.17) is 9.84 Å². The summed E-state index contributed by atoms with van der Waals surface area (Å²) in [5, 5.41) is 11.9. The number of anilines is 1. The first kappa shape index (κ1) is 17.4. The average molecular weight is 370 g/mol. The molecule has 1 aromatic heterocycles. The van der Waals surface area contributed by atoms with Gasteiger partial charge < -0.3 is 25.0 Å². The molecule has 0 bridgehead atoms. The number of rotatable bonds is 3. The van der Waals surface area contributed by atoms with E-state index in [1.807, 2.05) is 9.80 Å². The van der Waals surface area contributed by atoms with Gasteiger partial charge in [-0.15, -0.1) is 0 Å². The van der Waals surface area contributed by atoms with Crippen molar-refractivity contribution in [2.24, 2.45) is 0 Å². The number of pyridine rings is 1. The fraction of sp³-hybridized carbons (Fsp3) is 0.421. The molecule has 1 fully saturated rings. The third-order valence-electron chi connectivity index (χ3n) is 5.00. The standard InChI is InChI=1S/C19H22N4O4/c24-18(22-6-2-1-3-7-22)13-10-16-17(21-11-13)23(8-9-27-16)14-4-5-15(19(25)26)20-12-14/h4-5,10-12,15,20H,1-3,6-9H2,(H,25,26). The molecule has 1 aromatic rings. The van der Waals surface area contributed by atoms with Crippen LogP contribution in [0.15, 0.2) is 36.3 Å². The van der Waals surface area contributed by atoms with Crippen LogP contribution in [0.5, 0.6) is 5.75 Å². The molecule has 1 saturated heterocycles. The highest BCUT2D eigenvalue weighted by molar-refractivity contribution is 5.95. The van der Waals surface area contributed by atoms with Gasteiger partial charge in [0.2, 0.25) is 0 Å². The molecule has 1 unspecified atom stereocenters. The predicted molar refractivity (Wildman–Crippen MR) is 98.6 cm³/mol. The van der Waals surface area contributed by atoms with Crippen molar-refractivity contribution < 1.29 is 19.4 Å². The Balaban J connectivity index is 1.55. The number of carboxylic acids is 1. The molecule has 4 heterocycles. The summed E-state index contributed by atoms with van der Waals surface area (Å²) in [7, 11) is 0. The molecule has 0 saturated carbocycles. The van der Waals surface area contributed by atoms with Crippen molar-refractivity contribution in [2.45, 2.75) is 25.3 Å². The van der Waals surface area contributed by atoms with Gasteiger partial charge in [0.05, 0.1) is 17.8 Å². The Hall–Kier alpha value is -3.03. The number of carbonyl (C=O) groups is 2. The Morgan fingerprint density at radius 3 is 2.74 bits per heavy atom. The second-order valence-corrected chi connectivity index (χ2v) is 6.81. The molecule has 27 heavy (non-hydrogen) atoms. The Morgan fingerprint density at radius 2 is 2.04 bits per heavy atom. The van der Waals surface area contributed by atoms with Crippen LogP contribution in [-0.2, 0) is 4.79 Å². The lowest BCUT2D eigenvalue weighted by molar-refractivity contribution is -0.137. The maximum absolute atomic E-state index is 12.7. The number of allylic oxidation sites excluding steroid dienone is 1. The van der Waals surface area contributed by atoms with Crippen LogP contribution in [0.4, 0.5) is 5.82 Å². The Morgan fingerprint density at radius 1 is 1.22 bits per heavy atom. The molecular formula is C19H22N4O4. The number of likely N-dealkylation sites (tertiary alicyclic amines) is 1. The van der Waals surface area contributed by atoms with E-state index in [1.165, 1.54) is 6.42 Å². The van der Waals surface area contributed by atoms with Crippen LogP contribution in [0, 0.1) is 0 Å². The molecule has 8 nitrogen and oxygen atoms in total. The minimum Gasteiger partial charge on any atom is -0.488 e. The molecule has 8 heteroatoms. The maximum atomic E-state index is 12.7. The van der Waals surface area contributed by atoms with Crippen LogP contribution < -0.4 is 15.0 Å². The third kappa shape index (κ3) is 3.47. The van der Waals surface area contributed by atoms with Crippen molar-refractivity contribution in [3.63, 3.8) is 0 Å². The smallest absolute Gasteiger partial charge is 0.330 e. The second kappa shape index (κ2) is 7.30. The van der Waals surface area contributed by atoms with E-state index >= 15 is 0 Å². The highest BCUT2D eigenvalue weighted by Gasteiger charge is 2.26. The lowest BCUT2D eigenvalue weighted by Gasteiger charge is -2.32. The number of piperidine rings is 1. The van der Waals surface area contributed by atoms with Crippen LogP contribution in [0.25, 0.3) is 0 Å². The Kier molecular flexibility index (Phi) is 4.70. The van der Waals surface area contributed by atoms with Crippen LogP contribution in [0.3, 0.4) is 0 Å². The van der Waals surface area contributed by atoms with Gasteiger partial charge in [-0.1, -0.05) is 0 Å². The molecule has 1 amide bonds. The zero-order chi connectivity index (χ0) is 18.8. The molecule has 1 atom stereocenters. The van der Waals surface area contributed by atoms with Crippen LogP contribution in [0.2, 0.25) is 0 Å². The summed E-state index contributed by atoms with van der Waals surface area (Å²) >= 11 is 0. The van der Waals surface area contributed by atoms with Gasteiger partial charge in [0.15, 0.2) is 11.6 Å². The number of carboxylic acid groups (broad SMARTS) is 1. The van der Waals surface area contributed by atoms with E-state index in [-0.39, 0.29) is 5.91 Å². The van der Waals surface area contributed by atoms with Gasteiger partial charge in [0.25, 0.3) is 5.91 Å². The summed E-state index contributed by atoms with van der Waals surface area (Å²) in [6.45, 7) is 2.63. The first-order chi connectivity index (χ1) is 13.1. The average Bonchev–Trinajstić information content (AvgIpc) is 2.73. The second-order valence-electron chi connectivity index (χ2n) is 6.81. The summed E-state index contributed by atoms with van der Waals surface area (Å²) in [6.07, 6.45) is 9.88. The van der Waals surface area contributed by atoms with Crippen molar-refractivity contribution in [1.29, 1.82) is 0 Å². The number of hydrogen-bond donors (Lipinski definition) is 2. The fourth-order valence-electron chi connectivity index (χ4n) is 3.54. The van der Waals surface area contributed by atoms with Crippen molar-refractivity contribution in [2.75, 3.05) is 31.1 Å². The molecule has 4 rings (SSSR count). The number of carbonyl (C=O) groups excluding carboxylic acids is 1. The zero-order valence-electron chi connectivity index (χ0n) is 14.9. The summed E-state index contributed by atoms with van der Waals surface area (Å²) in [5.41, 5.74) is 1.34. The Labute approximate surface area is 157 Å². The normalized spacial score (nSPS) is 21.6. The summed E-state index contributed by atoms with van der Waals surface area (Å²) < 4.78 is 5.74. The van der Waals surface area contributed by atoms with Crippen LogP contribution in [-0.4, -0.2) is 59.1 Å². The first-order valence-corrected chi connectivity index (χ1v) is 9.20. The topological polar surface area (TPSA) is 95.0 Å². The lowest BCUT2D eigenvalue weighted by atomic mass is 10.1. The monoisotopic (exact) mass is 370 g/mol. The quantitative estimate of drug-likeness (QED) is 0.829. The highest BCUT2D eigenvalue weighted by atomic mass is 16.5. The largest absolute Gasteiger partial charge is 0.488 e. The molecule has 0 aromatic carbocycles. The van der Waals surface area contributed by atoms with E-state index < -0.39 is 12.0 Å². The van der Waals surface area contributed by atoms with Crippen molar-refractivity contribution in [1.82, 2.24) is 15.2 Å². The molecular weight excluding hydrogens is 348 g/mol. The fourth-order valence-corrected chi connectivity index (χ4v) is 3.54. The van der Waals surface area contributed by atoms with Gasteiger partial charge >= 0.3 is 5.97 Å². The van der Waals surface area contributed by atoms with Crippen LogP contribution >= 0.6 is 0 Å². The molecule has 3 aliphatic heterocycles. The number of ether oxygens (including phenoxy) is 1. The number of fused-ring (bicyclic) bond motifs is 1. The highest BCUT2D eigenvalue weighted by Crippen LogP contribution is 2.33. The predicted octanol–water partition coefficient (Wildman–Crippen LogP) is 1.36. The molecule has 2 N–H and O–H groups in total. The van der Waals surface area contributed by atoms with E-state index in [0.29, 0.717) is 30.3 Å². The summed E-state index contributed by atoms with van der Waals surface area (Å²) in [4.78, 5) is 32.0. The number of nitrogens with zero attached hydrogens (tertiary/aromatic N) is 3. The number of hydrogen-bond acceptors (Lipinski definition) is 6. The molecule has 0 spiro atoms. The summed E-state index contributed by atoms with van der Waals surface area (Å²) in [5.74, 6) is 0.262. The lowest BCUT2D eigenvalue weighted by Crippen LogP contribution is -2.38. The minimum atomic E-state index is -0.928. The number of dihydropyridines is 1. The van der Waals surface area contributed by atoms with Gasteiger partial charge in [0, 0.05) is 25.5 Å². The Bertz CT molecular complexity index is 814. The number of aliphatic carboxylic acids is 1. The van der Waals surface area contributed by atoms with Crippen molar-refractivity contribution >= 4 is 17.7 Å². The zero-order valence-corrected chi connectivity index (χ0v) is 14.9. The number of nitrogens with one attached hydrogen (secondary N) is 1. The summed E-state index contributed by atoms with van der Waals surface area (Å²) in [6, 6.07) is 1.03. The van der Waals surface area contributed by atoms with Gasteiger partial charge in [0.1, 0.15) is 12.6 Å². The van der Waals surface area contributed by atoms with Crippen LogP contribution in [0.1, 0.15) is 29.6 Å². The SMILES string of the molecule is O=C(O)C1C=CC(N2CCOc3cc(C(=O)N4CCCCC4)cnc32)=CN1. The molecule has 3 aliphatic rings.